The van der Waals surface area contributed by atoms with E-state index in [9.17, 15) is 30.0 Å². The van der Waals surface area contributed by atoms with Gasteiger partial charge in [-0.1, -0.05) is 27.7 Å². The van der Waals surface area contributed by atoms with Crippen molar-refractivity contribution in [3.05, 3.63) is 42.2 Å². The van der Waals surface area contributed by atoms with Crippen molar-refractivity contribution in [2.45, 2.75) is 102 Å². The SMILES string of the molecule is [Ac].[Ac].[CH][C@@H](c1ccco1)C(O)C(=O)OC1CC2(O)[C@@H](C)C3(C)C4(O)COC4CC(OCOCCO)[C@@]3(C)C(=O)C(O)C(=C1C)C2(C)C. The third-order valence-electron chi connectivity index (χ3n) is 12.2. The maximum Gasteiger partial charge on any atom is 0.336 e. The van der Waals surface area contributed by atoms with Crippen LogP contribution in [0.4, 0.5) is 0 Å². The number of ether oxygens (including phenoxy) is 4. The summed E-state index contributed by atoms with van der Waals surface area (Å²) in [5, 5.41) is 57.1. The Hall–Kier alpha value is 0.723. The van der Waals surface area contributed by atoms with Crippen LogP contribution in [0.3, 0.4) is 0 Å². The minimum Gasteiger partial charge on any atom is -0.469 e. The van der Waals surface area contributed by atoms with E-state index in [-0.39, 0.29) is 139 Å². The van der Waals surface area contributed by atoms with E-state index in [1.165, 1.54) is 12.3 Å². The van der Waals surface area contributed by atoms with Crippen molar-refractivity contribution in [2.75, 3.05) is 26.6 Å². The number of aliphatic hydroxyl groups is 5. The minimum absolute atomic E-state index is 0. The zero-order valence-corrected chi connectivity index (χ0v) is 37.3. The van der Waals surface area contributed by atoms with Crippen LogP contribution in [0, 0.1) is 117 Å². The van der Waals surface area contributed by atoms with Gasteiger partial charge in [0.1, 0.15) is 30.4 Å². The van der Waals surface area contributed by atoms with Crippen molar-refractivity contribution in [2.24, 2.45) is 22.2 Å². The van der Waals surface area contributed by atoms with E-state index < -0.39 is 81.6 Å². The fraction of sp³-hybridized carbons (Fsp3) is 0.727. The predicted molar refractivity (Wildman–Crippen MR) is 156 cm³/mol. The molecule has 5 rings (SSSR count). The average Bonchev–Trinajstić information content (AvgIpc) is 3.54. The molecule has 5 N–H and O–H groups in total. The number of furan rings is 1. The van der Waals surface area contributed by atoms with Gasteiger partial charge in [0.2, 0.25) is 0 Å². The van der Waals surface area contributed by atoms with Crippen LogP contribution < -0.4 is 0 Å². The summed E-state index contributed by atoms with van der Waals surface area (Å²) < 4.78 is 28.3. The molecule has 2 bridgehead atoms. The third-order valence-corrected chi connectivity index (χ3v) is 12.2. The summed E-state index contributed by atoms with van der Waals surface area (Å²) >= 11 is 0. The molecule has 14 heteroatoms. The van der Waals surface area contributed by atoms with E-state index in [0.717, 1.165) is 0 Å². The first kappa shape index (κ1) is 42.1. The van der Waals surface area contributed by atoms with Crippen LogP contribution in [0.25, 0.3) is 0 Å². The second-order valence-corrected chi connectivity index (χ2v) is 14.0. The molecule has 11 atom stereocenters. The van der Waals surface area contributed by atoms with Crippen LogP contribution in [0.5, 0.6) is 0 Å². The molecule has 256 valence electrons. The van der Waals surface area contributed by atoms with Gasteiger partial charge >= 0.3 is 5.97 Å². The number of carbonyl (C=O) groups excluding carboxylic acids is 2. The first-order valence-electron chi connectivity index (χ1n) is 15.4. The quantitative estimate of drug-likeness (QED) is 0.104. The van der Waals surface area contributed by atoms with Gasteiger partial charge in [0.15, 0.2) is 11.9 Å². The number of rotatable bonds is 9. The average molecular weight is 1090 g/mol. The van der Waals surface area contributed by atoms with Crippen LogP contribution >= 0.6 is 0 Å². The summed E-state index contributed by atoms with van der Waals surface area (Å²) in [7, 11) is 0. The standard InChI is InChI=1S/C33H46O12.2Ac/c1-17-21(45-28(38)25(35)18(2)20-9-8-11-42-20)14-32(39)19(3)31(7)30(6,27(37)26(36)24(17)29(32,4)5)22(44-16-41-12-10-34)13-23-33(31,40)15-43-23;;/h2,8-9,11,18-19,21-23,25-26,34-36,39-40H,10,12-16H2,1,3-7H3;;/t18-,19-,21?,22?,23?,25?,26?,30-,31?,32?,33?;;/m0../s1. The van der Waals surface area contributed by atoms with Gasteiger partial charge in [-0.05, 0) is 50.0 Å². The van der Waals surface area contributed by atoms with Gasteiger partial charge in [-0.3, -0.25) is 4.79 Å². The molecule has 1 aromatic heterocycles. The van der Waals surface area contributed by atoms with Crippen LogP contribution in [-0.2, 0) is 28.5 Å². The minimum atomic E-state index is -1.80. The molecule has 3 aliphatic carbocycles. The van der Waals surface area contributed by atoms with Gasteiger partial charge in [0.05, 0.1) is 55.2 Å². The molecule has 8 unspecified atom stereocenters. The Bertz CT molecular complexity index is 1330. The molecule has 4 aliphatic rings. The maximum absolute atomic E-state index is 14.8. The summed E-state index contributed by atoms with van der Waals surface area (Å²) in [4.78, 5) is 28.0. The monoisotopic (exact) mass is 1090 g/mol. The van der Waals surface area contributed by atoms with Gasteiger partial charge in [-0.25, -0.2) is 4.79 Å². The van der Waals surface area contributed by atoms with Crippen molar-refractivity contribution >= 4 is 11.8 Å². The van der Waals surface area contributed by atoms with Crippen molar-refractivity contribution in [1.82, 2.24) is 0 Å². The van der Waals surface area contributed by atoms with E-state index in [2.05, 4.69) is 0 Å². The Morgan fingerprint density at radius 3 is 2.38 bits per heavy atom. The van der Waals surface area contributed by atoms with E-state index >= 15 is 0 Å². The second kappa shape index (κ2) is 15.0. The third kappa shape index (κ3) is 6.11. The summed E-state index contributed by atoms with van der Waals surface area (Å²) in [5.74, 6) is -3.61. The van der Waals surface area contributed by atoms with Crippen LogP contribution in [0.1, 0.15) is 66.1 Å². The predicted octanol–water partition coefficient (Wildman–Crippen LogP) is 1.30. The molecule has 3 fully saturated rings. The largest absolute Gasteiger partial charge is 0.469 e. The molecule has 4 radical (unpaired) electrons. The molecule has 0 amide bonds. The van der Waals surface area contributed by atoms with Gasteiger partial charge in [0, 0.05) is 112 Å². The zero-order chi connectivity index (χ0) is 33.3. The summed E-state index contributed by atoms with van der Waals surface area (Å²) in [6, 6.07) is 3.08. The Balaban J connectivity index is 0.00000300. The number of esters is 1. The van der Waals surface area contributed by atoms with Crippen molar-refractivity contribution in [1.29, 1.82) is 0 Å². The molecule has 2 heterocycles. The molecule has 1 aromatic rings. The summed E-state index contributed by atoms with van der Waals surface area (Å²) in [6.07, 6.45) is -5.02. The zero-order valence-electron chi connectivity index (χ0n) is 27.8. The van der Waals surface area contributed by atoms with Gasteiger partial charge in [0.25, 0.3) is 0 Å². The van der Waals surface area contributed by atoms with Gasteiger partial charge in [-0.15, -0.1) is 0 Å². The van der Waals surface area contributed by atoms with Gasteiger partial charge < -0.3 is 48.9 Å². The fourth-order valence-electron chi connectivity index (χ4n) is 8.93. The molecule has 47 heavy (non-hydrogen) atoms. The molecular weight excluding hydrogens is 1040 g/mol. The number of carbonyl (C=O) groups is 2. The van der Waals surface area contributed by atoms with Crippen molar-refractivity contribution < 1.29 is 147 Å². The number of hydrogen-bond donors (Lipinski definition) is 5. The summed E-state index contributed by atoms with van der Waals surface area (Å²) in [6.45, 7) is 15.7. The van der Waals surface area contributed by atoms with Gasteiger partial charge in [-0.2, -0.15) is 0 Å². The number of hydrogen-bond acceptors (Lipinski definition) is 12. The maximum atomic E-state index is 14.8. The number of aliphatic hydroxyl groups excluding tert-OH is 3. The van der Waals surface area contributed by atoms with Crippen LogP contribution in [-0.4, -0.2) is 106 Å². The Labute approximate surface area is 347 Å². The topological polar surface area (TPSA) is 185 Å². The normalized spacial score (nSPS) is 40.3. The van der Waals surface area contributed by atoms with Crippen molar-refractivity contribution in [3.63, 3.8) is 0 Å². The van der Waals surface area contributed by atoms with Crippen LogP contribution in [0.2, 0.25) is 0 Å². The summed E-state index contributed by atoms with van der Waals surface area (Å²) in [5.41, 5.74) is -7.05. The first-order valence-corrected chi connectivity index (χ1v) is 15.4. The number of ketones is 1. The second-order valence-electron chi connectivity index (χ2n) is 14.0. The van der Waals surface area contributed by atoms with Crippen LogP contribution in [0.15, 0.2) is 34.0 Å². The van der Waals surface area contributed by atoms with E-state index in [1.807, 2.05) is 0 Å². The molecule has 2 saturated carbocycles. The Morgan fingerprint density at radius 2 is 1.83 bits per heavy atom. The molecular formula is C33H46Ac2O12. The molecule has 0 aromatic carbocycles. The van der Waals surface area contributed by atoms with E-state index in [4.69, 9.17) is 35.4 Å². The molecule has 1 saturated heterocycles. The molecule has 12 nitrogen and oxygen atoms in total. The Morgan fingerprint density at radius 1 is 1.17 bits per heavy atom. The molecule has 0 spiro atoms. The van der Waals surface area contributed by atoms with E-state index in [0.29, 0.717) is 5.57 Å². The first-order chi connectivity index (χ1) is 20.9. The Kier molecular flexibility index (Phi) is 13.4. The number of Topliss-reactive ketones (excluding diaryl/α,β-unsaturated/α-hetero) is 1. The van der Waals surface area contributed by atoms with Crippen molar-refractivity contribution in [3.8, 4) is 0 Å². The smallest absolute Gasteiger partial charge is 0.336 e. The fourth-order valence-corrected chi connectivity index (χ4v) is 8.93. The molecule has 1 aliphatic heterocycles. The number of fused-ring (bicyclic) bond motifs is 5. The van der Waals surface area contributed by atoms with E-state index in [1.54, 1.807) is 47.6 Å².